The summed E-state index contributed by atoms with van der Waals surface area (Å²) in [6.45, 7) is 12.4. The van der Waals surface area contributed by atoms with Crippen molar-refractivity contribution in [2.24, 2.45) is 0 Å². The van der Waals surface area contributed by atoms with Crippen molar-refractivity contribution in [3.63, 3.8) is 0 Å². The molecule has 1 heteroatoms. The van der Waals surface area contributed by atoms with Crippen LogP contribution in [0.1, 0.15) is 27.2 Å². The molecule has 0 aliphatic carbocycles. The third-order valence-corrected chi connectivity index (χ3v) is 2.46. The fourth-order valence-corrected chi connectivity index (χ4v) is 1.22. The van der Waals surface area contributed by atoms with Crippen molar-refractivity contribution in [1.29, 1.82) is 0 Å². The molecule has 0 aliphatic rings. The number of rotatable bonds is 6. The highest BCUT2D eigenvalue weighted by Gasteiger charge is 1.96. The van der Waals surface area contributed by atoms with Gasteiger partial charge in [0.1, 0.15) is 0 Å². The molecule has 0 saturated carbocycles. The maximum Gasteiger partial charge on any atom is 0.0165 e. The first-order valence-electron chi connectivity index (χ1n) is 5.32. The largest absolute Gasteiger partial charge is 0.303 e. The molecule has 0 rings (SSSR count). The van der Waals surface area contributed by atoms with Gasteiger partial charge in [-0.25, -0.2) is 0 Å². The summed E-state index contributed by atoms with van der Waals surface area (Å²) in [5.74, 6) is 0. The molecule has 1 nitrogen and oxygen atoms in total. The molecule has 0 heterocycles. The molecule has 0 saturated heterocycles. The van der Waals surface area contributed by atoms with Gasteiger partial charge in [-0.1, -0.05) is 44.2 Å². The molecule has 0 fully saturated rings. The molecule has 0 amide bonds. The van der Waals surface area contributed by atoms with Crippen LogP contribution in [0.5, 0.6) is 0 Å². The second kappa shape index (κ2) is 7.57. The average Bonchev–Trinajstić information content (AvgIpc) is 2.21. The molecule has 0 aliphatic heterocycles. The first-order valence-corrected chi connectivity index (χ1v) is 5.32. The van der Waals surface area contributed by atoms with E-state index in [0.717, 1.165) is 19.5 Å². The number of likely N-dealkylation sites (N-methyl/N-ethyl adjacent to an activating group) is 1. The van der Waals surface area contributed by atoms with Crippen LogP contribution >= 0.6 is 0 Å². The van der Waals surface area contributed by atoms with Gasteiger partial charge in [-0.2, -0.15) is 0 Å². The van der Waals surface area contributed by atoms with E-state index in [1.54, 1.807) is 0 Å². The van der Waals surface area contributed by atoms with Gasteiger partial charge >= 0.3 is 0 Å². The van der Waals surface area contributed by atoms with Crippen LogP contribution in [0.3, 0.4) is 0 Å². The molecule has 0 aromatic rings. The van der Waals surface area contributed by atoms with Gasteiger partial charge in [0.15, 0.2) is 0 Å². The quantitative estimate of drug-likeness (QED) is 0.584. The van der Waals surface area contributed by atoms with Crippen molar-refractivity contribution in [1.82, 2.24) is 4.90 Å². The Balaban J connectivity index is 4.34. The van der Waals surface area contributed by atoms with Crippen LogP contribution in [0.4, 0.5) is 0 Å². The fraction of sp³-hybridized carbons (Fsp3) is 0.538. The van der Waals surface area contributed by atoms with E-state index in [2.05, 4.69) is 51.4 Å². The highest BCUT2D eigenvalue weighted by Crippen LogP contribution is 2.12. The maximum absolute atomic E-state index is 3.73. The molecule has 0 N–H and O–H groups in total. The van der Waals surface area contributed by atoms with Crippen LogP contribution in [0, 0.1) is 0 Å². The van der Waals surface area contributed by atoms with E-state index in [1.165, 1.54) is 11.1 Å². The first-order chi connectivity index (χ1) is 6.65. The van der Waals surface area contributed by atoms with E-state index >= 15 is 0 Å². The van der Waals surface area contributed by atoms with Crippen LogP contribution in [0.2, 0.25) is 0 Å². The number of hydrogen-bond acceptors (Lipinski definition) is 1. The fourth-order valence-electron chi connectivity index (χ4n) is 1.22. The van der Waals surface area contributed by atoms with Crippen LogP contribution in [0.25, 0.3) is 0 Å². The minimum atomic E-state index is 1.02. The Kier molecular flexibility index (Phi) is 7.13. The first kappa shape index (κ1) is 13.2. The van der Waals surface area contributed by atoms with Gasteiger partial charge in [0.05, 0.1) is 0 Å². The van der Waals surface area contributed by atoms with Gasteiger partial charge in [-0.15, -0.1) is 0 Å². The summed E-state index contributed by atoms with van der Waals surface area (Å²) in [4.78, 5) is 2.28. The lowest BCUT2D eigenvalue weighted by atomic mass is 10.0. The lowest BCUT2D eigenvalue weighted by Crippen LogP contribution is -2.17. The zero-order valence-electron chi connectivity index (χ0n) is 10.0. The third kappa shape index (κ3) is 5.03. The van der Waals surface area contributed by atoms with Crippen molar-refractivity contribution in [3.8, 4) is 0 Å². The third-order valence-electron chi connectivity index (χ3n) is 2.46. The lowest BCUT2D eigenvalue weighted by molar-refractivity contribution is 0.391. The second-order valence-corrected chi connectivity index (χ2v) is 3.52. The maximum atomic E-state index is 3.73. The minimum absolute atomic E-state index is 1.02. The predicted molar refractivity (Wildman–Crippen MR) is 65.5 cm³/mol. The van der Waals surface area contributed by atoms with Gasteiger partial charge in [-0.05, 0) is 32.5 Å². The van der Waals surface area contributed by atoms with Crippen molar-refractivity contribution >= 4 is 0 Å². The number of allylic oxidation sites excluding steroid dienone is 4. The monoisotopic (exact) mass is 193 g/mol. The van der Waals surface area contributed by atoms with E-state index in [9.17, 15) is 0 Å². The Morgan fingerprint density at radius 1 is 1.36 bits per heavy atom. The Hall–Kier alpha value is -0.820. The van der Waals surface area contributed by atoms with Crippen LogP contribution < -0.4 is 0 Å². The summed E-state index contributed by atoms with van der Waals surface area (Å²) in [6.07, 6.45) is 7.31. The summed E-state index contributed by atoms with van der Waals surface area (Å²) in [5.41, 5.74) is 2.75. The Morgan fingerprint density at radius 2 is 2.00 bits per heavy atom. The molecule has 0 spiro atoms. The molecule has 0 aromatic carbocycles. The molecular formula is C13H23N. The normalized spacial score (nSPS) is 13.5. The highest BCUT2D eigenvalue weighted by molar-refractivity contribution is 5.31. The van der Waals surface area contributed by atoms with Crippen molar-refractivity contribution < 1.29 is 0 Å². The van der Waals surface area contributed by atoms with Crippen molar-refractivity contribution in [2.75, 3.05) is 20.1 Å². The molecule has 14 heavy (non-hydrogen) atoms. The SMILES string of the molecule is C=C/C=C(CC)/C(C)=C/CN(C)CC. The molecule has 80 valence electrons. The van der Waals surface area contributed by atoms with Gasteiger partial charge < -0.3 is 4.90 Å². The number of hydrogen-bond donors (Lipinski definition) is 0. The smallest absolute Gasteiger partial charge is 0.0165 e. The van der Waals surface area contributed by atoms with Crippen molar-refractivity contribution in [3.05, 3.63) is 36.0 Å². The van der Waals surface area contributed by atoms with Crippen LogP contribution in [-0.2, 0) is 0 Å². The zero-order chi connectivity index (χ0) is 11.0. The summed E-state index contributed by atoms with van der Waals surface area (Å²) < 4.78 is 0. The Bertz CT molecular complexity index is 223. The predicted octanol–water partition coefficient (Wildman–Crippen LogP) is 3.41. The van der Waals surface area contributed by atoms with E-state index in [1.807, 2.05) is 6.08 Å². The number of nitrogens with zero attached hydrogens (tertiary/aromatic N) is 1. The molecule has 0 unspecified atom stereocenters. The second-order valence-electron chi connectivity index (χ2n) is 3.52. The van der Waals surface area contributed by atoms with E-state index < -0.39 is 0 Å². The highest BCUT2D eigenvalue weighted by atomic mass is 15.1. The van der Waals surface area contributed by atoms with E-state index in [-0.39, 0.29) is 0 Å². The molecular weight excluding hydrogens is 170 g/mol. The Labute approximate surface area is 88.8 Å². The summed E-state index contributed by atoms with van der Waals surface area (Å²) in [6, 6.07) is 0. The molecule has 0 aromatic heterocycles. The van der Waals surface area contributed by atoms with Crippen LogP contribution in [-0.4, -0.2) is 25.0 Å². The molecule has 0 radical (unpaired) electrons. The lowest BCUT2D eigenvalue weighted by Gasteiger charge is -2.12. The zero-order valence-corrected chi connectivity index (χ0v) is 10.0. The molecule has 0 atom stereocenters. The summed E-state index contributed by atoms with van der Waals surface area (Å²) >= 11 is 0. The van der Waals surface area contributed by atoms with Gasteiger partial charge in [0.25, 0.3) is 0 Å². The molecule has 0 bridgehead atoms. The van der Waals surface area contributed by atoms with E-state index in [0.29, 0.717) is 0 Å². The van der Waals surface area contributed by atoms with E-state index in [4.69, 9.17) is 0 Å². The topological polar surface area (TPSA) is 3.24 Å². The van der Waals surface area contributed by atoms with Crippen molar-refractivity contribution in [2.45, 2.75) is 27.2 Å². The van der Waals surface area contributed by atoms with Gasteiger partial charge in [0, 0.05) is 6.54 Å². The summed E-state index contributed by atoms with van der Waals surface area (Å²) in [5, 5.41) is 0. The van der Waals surface area contributed by atoms with Gasteiger partial charge in [0.2, 0.25) is 0 Å². The summed E-state index contributed by atoms with van der Waals surface area (Å²) in [7, 11) is 2.13. The standard InChI is InChI=1S/C13H23N/c1-6-9-13(7-2)12(4)10-11-14(5)8-3/h6,9-10H,1,7-8,11H2,2-5H3/b12-10+,13-9+. The average molecular weight is 193 g/mol. The minimum Gasteiger partial charge on any atom is -0.303 e. The van der Waals surface area contributed by atoms with Gasteiger partial charge in [-0.3, -0.25) is 0 Å². The van der Waals surface area contributed by atoms with Crippen LogP contribution in [0.15, 0.2) is 36.0 Å². The Morgan fingerprint density at radius 3 is 2.43 bits per heavy atom.